The van der Waals surface area contributed by atoms with Crippen LogP contribution in [0.4, 0.5) is 0 Å². The number of hydrogen-bond donors (Lipinski definition) is 0. The van der Waals surface area contributed by atoms with Gasteiger partial charge in [0.15, 0.2) is 10.8 Å². The monoisotopic (exact) mass is 302 g/mol. The van der Waals surface area contributed by atoms with Crippen molar-refractivity contribution in [3.63, 3.8) is 0 Å². The third-order valence-electron chi connectivity index (χ3n) is 2.24. The van der Waals surface area contributed by atoms with Crippen molar-refractivity contribution in [3.8, 4) is 0 Å². The molecule has 0 saturated carbocycles. The zero-order valence-corrected chi connectivity index (χ0v) is 13.1. The maximum atomic E-state index is 12.7. The van der Waals surface area contributed by atoms with Crippen molar-refractivity contribution < 1.29 is 18.4 Å². The van der Waals surface area contributed by atoms with Crippen molar-refractivity contribution in [1.29, 1.82) is 0 Å². The van der Waals surface area contributed by atoms with Crippen molar-refractivity contribution in [1.82, 2.24) is 0 Å². The first-order chi connectivity index (χ1) is 9.03. The smallest absolute Gasteiger partial charge is 0.308 e. The van der Waals surface area contributed by atoms with Crippen LogP contribution in [-0.4, -0.2) is 24.0 Å². The third kappa shape index (κ3) is 4.77. The zero-order valence-electron chi connectivity index (χ0n) is 11.4. The van der Waals surface area contributed by atoms with E-state index in [1.807, 2.05) is 30.3 Å². The lowest BCUT2D eigenvalue weighted by Crippen LogP contribution is -2.17. The molecule has 0 N–H and O–H groups in total. The van der Waals surface area contributed by atoms with Crippen molar-refractivity contribution in [3.05, 3.63) is 30.3 Å². The normalized spacial score (nSPS) is 13.2. The van der Waals surface area contributed by atoms with Crippen LogP contribution in [0.3, 0.4) is 0 Å². The minimum atomic E-state index is -3.44. The van der Waals surface area contributed by atoms with E-state index in [4.69, 9.17) is 9.05 Å². The van der Waals surface area contributed by atoms with Gasteiger partial charge in [0.25, 0.3) is 0 Å². The highest BCUT2D eigenvalue weighted by Gasteiger charge is 2.39. The van der Waals surface area contributed by atoms with Gasteiger partial charge in [-0.1, -0.05) is 18.2 Å². The molecule has 1 rings (SSSR count). The second-order valence-electron chi connectivity index (χ2n) is 3.77. The number of rotatable bonds is 8. The van der Waals surface area contributed by atoms with Gasteiger partial charge in [-0.15, -0.1) is 11.8 Å². The summed E-state index contributed by atoms with van der Waals surface area (Å²) in [4.78, 5) is 11.8. The van der Waals surface area contributed by atoms with Gasteiger partial charge in [0.1, 0.15) is 0 Å². The Labute approximate surface area is 118 Å². The molecule has 0 aliphatic carbocycles. The third-order valence-corrected chi connectivity index (χ3v) is 6.61. The van der Waals surface area contributed by atoms with E-state index in [1.165, 1.54) is 18.7 Å². The van der Waals surface area contributed by atoms with Gasteiger partial charge < -0.3 is 9.05 Å². The van der Waals surface area contributed by atoms with Crippen molar-refractivity contribution in [2.45, 2.75) is 30.7 Å². The maximum Gasteiger partial charge on any atom is 0.351 e. The summed E-state index contributed by atoms with van der Waals surface area (Å²) in [6.07, 6.45) is 0. The van der Waals surface area contributed by atoms with Gasteiger partial charge in [-0.2, -0.15) is 0 Å². The highest BCUT2D eigenvalue weighted by molar-refractivity contribution is 8.06. The molecular formula is C13H19O4PS. The van der Waals surface area contributed by atoms with Gasteiger partial charge in [0.2, 0.25) is 0 Å². The Balaban J connectivity index is 2.98. The molecule has 0 radical (unpaired) electrons. The molecule has 1 aromatic carbocycles. The fourth-order valence-electron chi connectivity index (χ4n) is 1.53. The van der Waals surface area contributed by atoms with E-state index in [2.05, 4.69) is 0 Å². The summed E-state index contributed by atoms with van der Waals surface area (Å²) in [6, 6.07) is 9.35. The maximum absolute atomic E-state index is 12.7. The summed E-state index contributed by atoms with van der Waals surface area (Å²) in [5.74, 6) is -0.209. The van der Waals surface area contributed by atoms with Crippen LogP contribution >= 0.6 is 19.4 Å². The Morgan fingerprint density at radius 3 is 2.16 bits per heavy atom. The fraction of sp³-hybridized carbons (Fsp3) is 0.462. The molecule has 0 aliphatic rings. The Bertz CT molecular complexity index is 439. The van der Waals surface area contributed by atoms with Crippen molar-refractivity contribution in [2.24, 2.45) is 0 Å². The van der Waals surface area contributed by atoms with E-state index in [9.17, 15) is 9.36 Å². The summed E-state index contributed by atoms with van der Waals surface area (Å²) >= 11 is 1.22. The standard InChI is InChI=1S/C13H19O4PS/c1-4-16-18(15,17-5-2)13(11(3)14)19-12-9-7-6-8-10-12/h6-10,13H,4-5H2,1-3H3. The molecule has 0 saturated heterocycles. The Hall–Kier alpha value is -0.610. The molecule has 1 aromatic rings. The van der Waals surface area contributed by atoms with E-state index in [1.54, 1.807) is 13.8 Å². The molecule has 0 aliphatic heterocycles. The minimum Gasteiger partial charge on any atom is -0.308 e. The van der Waals surface area contributed by atoms with Crippen LogP contribution in [0.1, 0.15) is 20.8 Å². The van der Waals surface area contributed by atoms with Gasteiger partial charge in [-0.3, -0.25) is 9.36 Å². The zero-order chi connectivity index (χ0) is 14.3. The molecule has 0 spiro atoms. The Kier molecular flexibility index (Phi) is 6.80. The van der Waals surface area contributed by atoms with Crippen molar-refractivity contribution >= 4 is 25.1 Å². The molecule has 6 heteroatoms. The van der Waals surface area contributed by atoms with Crippen LogP contribution < -0.4 is 0 Å². The second-order valence-corrected chi connectivity index (χ2v) is 7.41. The van der Waals surface area contributed by atoms with E-state index < -0.39 is 12.6 Å². The SMILES string of the molecule is CCOP(=O)(OCC)C(Sc1ccccc1)C(C)=O. The molecule has 1 unspecified atom stereocenters. The number of thioether (sulfide) groups is 1. The average Bonchev–Trinajstić information content (AvgIpc) is 2.37. The van der Waals surface area contributed by atoms with E-state index in [-0.39, 0.29) is 19.0 Å². The van der Waals surface area contributed by atoms with Crippen LogP contribution in [0.25, 0.3) is 0 Å². The number of carbonyl (C=O) groups excluding carboxylic acids is 1. The highest BCUT2D eigenvalue weighted by Crippen LogP contribution is 2.58. The molecule has 0 amide bonds. The number of hydrogen-bond acceptors (Lipinski definition) is 5. The van der Waals surface area contributed by atoms with Crippen LogP contribution in [0, 0.1) is 0 Å². The molecule has 0 fully saturated rings. The molecule has 0 aromatic heterocycles. The fourth-order valence-corrected chi connectivity index (χ4v) is 5.03. The quantitative estimate of drug-likeness (QED) is 0.537. The first-order valence-electron chi connectivity index (χ1n) is 6.14. The van der Waals surface area contributed by atoms with Gasteiger partial charge in [-0.05, 0) is 32.9 Å². The molecule has 4 nitrogen and oxygen atoms in total. The molecule has 19 heavy (non-hydrogen) atoms. The first kappa shape index (κ1) is 16.4. The van der Waals surface area contributed by atoms with E-state index in [0.717, 1.165) is 4.90 Å². The summed E-state index contributed by atoms with van der Waals surface area (Å²) in [5, 5.41) is 0. The molecule has 1 atom stereocenters. The second kappa shape index (κ2) is 7.85. The van der Waals surface area contributed by atoms with Gasteiger partial charge >= 0.3 is 7.60 Å². The topological polar surface area (TPSA) is 52.6 Å². The molecular weight excluding hydrogens is 283 g/mol. The van der Waals surface area contributed by atoms with Crippen LogP contribution in [0.15, 0.2) is 35.2 Å². The first-order valence-corrected chi connectivity index (χ1v) is 8.63. The number of carbonyl (C=O) groups is 1. The predicted octanol–water partition coefficient (Wildman–Crippen LogP) is 3.96. The van der Waals surface area contributed by atoms with Gasteiger partial charge in [0, 0.05) is 4.90 Å². The number of Topliss-reactive ketones (excluding diaryl/α,β-unsaturated/α-hetero) is 1. The van der Waals surface area contributed by atoms with Gasteiger partial charge in [-0.25, -0.2) is 0 Å². The summed E-state index contributed by atoms with van der Waals surface area (Å²) in [6.45, 7) is 5.37. The minimum absolute atomic E-state index is 0.209. The molecule has 0 heterocycles. The lowest BCUT2D eigenvalue weighted by atomic mass is 10.4. The Morgan fingerprint density at radius 1 is 1.21 bits per heavy atom. The lowest BCUT2D eigenvalue weighted by molar-refractivity contribution is -0.115. The van der Waals surface area contributed by atoms with Crippen LogP contribution in [0.5, 0.6) is 0 Å². The lowest BCUT2D eigenvalue weighted by Gasteiger charge is -2.23. The largest absolute Gasteiger partial charge is 0.351 e. The summed E-state index contributed by atoms with van der Waals surface area (Å²) < 4.78 is 23.2. The number of benzene rings is 1. The van der Waals surface area contributed by atoms with E-state index >= 15 is 0 Å². The van der Waals surface area contributed by atoms with E-state index in [0.29, 0.717) is 0 Å². The molecule has 0 bridgehead atoms. The predicted molar refractivity (Wildman–Crippen MR) is 77.6 cm³/mol. The summed E-state index contributed by atoms with van der Waals surface area (Å²) in [7, 11) is -3.44. The summed E-state index contributed by atoms with van der Waals surface area (Å²) in [5.41, 5.74) is 0. The van der Waals surface area contributed by atoms with Crippen LogP contribution in [0.2, 0.25) is 0 Å². The van der Waals surface area contributed by atoms with Gasteiger partial charge in [0.05, 0.1) is 13.2 Å². The highest BCUT2D eigenvalue weighted by atomic mass is 32.2. The molecule has 106 valence electrons. The van der Waals surface area contributed by atoms with Crippen LogP contribution in [-0.2, 0) is 18.4 Å². The Morgan fingerprint density at radius 2 is 1.74 bits per heavy atom. The number of ketones is 1. The van der Waals surface area contributed by atoms with Crippen molar-refractivity contribution in [2.75, 3.05) is 13.2 Å². The average molecular weight is 302 g/mol.